The number of hydrogen-bond acceptors (Lipinski definition) is 4. The molecule has 0 saturated heterocycles. The number of amides is 1. The number of rotatable bonds is 3. The molecule has 1 amide bonds. The molecule has 0 aromatic rings. The number of carbonyl (C=O) groups is 1. The number of hydrogen-bond donors (Lipinski definition) is 2. The highest BCUT2D eigenvalue weighted by atomic mass is 16.6. The van der Waals surface area contributed by atoms with Crippen molar-refractivity contribution in [1.29, 1.82) is 5.26 Å². The molecule has 2 unspecified atom stereocenters. The molecule has 2 aliphatic carbocycles. The van der Waals surface area contributed by atoms with E-state index in [4.69, 9.17) is 10.00 Å². The Hall–Kier alpha value is -1.28. The Labute approximate surface area is 121 Å². The largest absolute Gasteiger partial charge is 0.444 e. The Morgan fingerprint density at radius 2 is 1.95 bits per heavy atom. The number of nitrogens with zero attached hydrogens (tertiary/aromatic N) is 1. The van der Waals surface area contributed by atoms with Crippen LogP contribution in [-0.4, -0.2) is 29.8 Å². The van der Waals surface area contributed by atoms with Crippen molar-refractivity contribution in [3.63, 3.8) is 0 Å². The molecule has 20 heavy (non-hydrogen) atoms. The van der Waals surface area contributed by atoms with Crippen LogP contribution in [0.2, 0.25) is 0 Å². The van der Waals surface area contributed by atoms with Crippen LogP contribution < -0.4 is 10.6 Å². The van der Waals surface area contributed by atoms with E-state index in [1.54, 1.807) is 0 Å². The third-order valence-electron chi connectivity index (χ3n) is 3.99. The van der Waals surface area contributed by atoms with Crippen LogP contribution in [0.3, 0.4) is 0 Å². The van der Waals surface area contributed by atoms with E-state index in [0.717, 1.165) is 32.1 Å². The van der Waals surface area contributed by atoms with E-state index in [0.29, 0.717) is 12.1 Å². The molecule has 0 radical (unpaired) electrons. The van der Waals surface area contributed by atoms with E-state index in [1.165, 1.54) is 0 Å². The maximum Gasteiger partial charge on any atom is 0.407 e. The summed E-state index contributed by atoms with van der Waals surface area (Å²) in [5.41, 5.74) is -0.449. The highest BCUT2D eigenvalue weighted by molar-refractivity contribution is 5.68. The summed E-state index contributed by atoms with van der Waals surface area (Å²) in [6, 6.07) is 3.35. The molecule has 2 aliphatic rings. The standard InChI is InChI=1S/C15H25N3O2/c1-15(2,3)20-14(19)18-12-7-11(8-12)17-13-6-4-5-10(13)9-16/h10-13,17H,4-8H2,1-3H3,(H,18,19). The fourth-order valence-corrected chi connectivity index (χ4v) is 2.96. The fourth-order valence-electron chi connectivity index (χ4n) is 2.96. The zero-order valence-electron chi connectivity index (χ0n) is 12.6. The quantitative estimate of drug-likeness (QED) is 0.831. The van der Waals surface area contributed by atoms with Crippen molar-refractivity contribution in [2.24, 2.45) is 5.92 Å². The lowest BCUT2D eigenvalue weighted by Crippen LogP contribution is -2.55. The van der Waals surface area contributed by atoms with Crippen LogP contribution in [0.5, 0.6) is 0 Å². The molecule has 2 rings (SSSR count). The van der Waals surface area contributed by atoms with Gasteiger partial charge in [-0.1, -0.05) is 6.42 Å². The molecule has 2 fully saturated rings. The number of nitriles is 1. The van der Waals surface area contributed by atoms with Gasteiger partial charge in [-0.05, 0) is 46.5 Å². The summed E-state index contributed by atoms with van der Waals surface area (Å²) >= 11 is 0. The maximum atomic E-state index is 11.6. The Morgan fingerprint density at radius 3 is 2.55 bits per heavy atom. The van der Waals surface area contributed by atoms with Crippen molar-refractivity contribution in [3.8, 4) is 6.07 Å². The number of carbonyl (C=O) groups excluding carboxylic acids is 1. The van der Waals surface area contributed by atoms with Crippen LogP contribution in [0.1, 0.15) is 52.9 Å². The van der Waals surface area contributed by atoms with Crippen molar-refractivity contribution in [2.75, 3.05) is 0 Å². The van der Waals surface area contributed by atoms with Gasteiger partial charge in [0, 0.05) is 18.1 Å². The lowest BCUT2D eigenvalue weighted by molar-refractivity contribution is 0.0462. The summed E-state index contributed by atoms with van der Waals surface area (Å²) in [5.74, 6) is 0.160. The van der Waals surface area contributed by atoms with Crippen molar-refractivity contribution in [3.05, 3.63) is 0 Å². The molecule has 2 saturated carbocycles. The normalized spacial score (nSPS) is 33.1. The van der Waals surface area contributed by atoms with E-state index in [2.05, 4.69) is 16.7 Å². The van der Waals surface area contributed by atoms with Gasteiger partial charge in [0.25, 0.3) is 0 Å². The molecule has 0 bridgehead atoms. The van der Waals surface area contributed by atoms with Crippen molar-refractivity contribution in [2.45, 2.75) is 76.6 Å². The van der Waals surface area contributed by atoms with Crippen LogP contribution in [-0.2, 0) is 4.74 Å². The monoisotopic (exact) mass is 279 g/mol. The van der Waals surface area contributed by atoms with Gasteiger partial charge in [-0.3, -0.25) is 0 Å². The topological polar surface area (TPSA) is 74.2 Å². The fraction of sp³-hybridized carbons (Fsp3) is 0.867. The van der Waals surface area contributed by atoms with Gasteiger partial charge in [-0.25, -0.2) is 4.79 Å². The van der Waals surface area contributed by atoms with Crippen LogP contribution in [0.4, 0.5) is 4.79 Å². The SMILES string of the molecule is CC(C)(C)OC(=O)NC1CC(NC2CCCC2C#N)C1. The van der Waals surface area contributed by atoms with Crippen molar-refractivity contribution < 1.29 is 9.53 Å². The zero-order chi connectivity index (χ0) is 14.8. The van der Waals surface area contributed by atoms with E-state index in [9.17, 15) is 4.79 Å². The van der Waals surface area contributed by atoms with Crippen LogP contribution in [0.25, 0.3) is 0 Å². The summed E-state index contributed by atoms with van der Waals surface area (Å²) in [7, 11) is 0. The van der Waals surface area contributed by atoms with E-state index >= 15 is 0 Å². The molecule has 0 heterocycles. The Kier molecular flexibility index (Phi) is 4.54. The highest BCUT2D eigenvalue weighted by Gasteiger charge is 2.36. The minimum Gasteiger partial charge on any atom is -0.444 e. The van der Waals surface area contributed by atoms with Gasteiger partial charge in [-0.2, -0.15) is 5.26 Å². The number of nitrogens with one attached hydrogen (secondary N) is 2. The second-order valence-corrected chi connectivity index (χ2v) is 6.95. The smallest absolute Gasteiger partial charge is 0.407 e. The van der Waals surface area contributed by atoms with Crippen molar-refractivity contribution >= 4 is 6.09 Å². The van der Waals surface area contributed by atoms with Gasteiger partial charge in [0.2, 0.25) is 0 Å². The van der Waals surface area contributed by atoms with Gasteiger partial charge < -0.3 is 15.4 Å². The minimum absolute atomic E-state index is 0.160. The third-order valence-corrected chi connectivity index (χ3v) is 3.99. The van der Waals surface area contributed by atoms with Gasteiger partial charge in [-0.15, -0.1) is 0 Å². The summed E-state index contributed by atoms with van der Waals surface area (Å²) in [6.45, 7) is 5.58. The predicted molar refractivity (Wildman–Crippen MR) is 76.1 cm³/mol. The average molecular weight is 279 g/mol. The number of alkyl carbamates (subject to hydrolysis) is 1. The first-order valence-electron chi connectivity index (χ1n) is 7.52. The second-order valence-electron chi connectivity index (χ2n) is 6.95. The first-order chi connectivity index (χ1) is 9.37. The Morgan fingerprint density at radius 1 is 1.25 bits per heavy atom. The molecular weight excluding hydrogens is 254 g/mol. The molecule has 5 nitrogen and oxygen atoms in total. The molecule has 5 heteroatoms. The van der Waals surface area contributed by atoms with Crippen LogP contribution in [0.15, 0.2) is 0 Å². The lowest BCUT2D eigenvalue weighted by Gasteiger charge is -2.38. The third kappa shape index (κ3) is 4.11. The Bertz CT molecular complexity index is 391. The lowest BCUT2D eigenvalue weighted by atomic mass is 9.85. The molecular formula is C15H25N3O2. The maximum absolute atomic E-state index is 11.6. The van der Waals surface area contributed by atoms with Crippen LogP contribution in [0, 0.1) is 17.2 Å². The van der Waals surface area contributed by atoms with E-state index in [-0.39, 0.29) is 18.1 Å². The predicted octanol–water partition coefficient (Wildman–Crippen LogP) is 2.32. The van der Waals surface area contributed by atoms with Gasteiger partial charge in [0.1, 0.15) is 5.60 Å². The van der Waals surface area contributed by atoms with Crippen molar-refractivity contribution in [1.82, 2.24) is 10.6 Å². The van der Waals surface area contributed by atoms with Gasteiger partial charge >= 0.3 is 6.09 Å². The van der Waals surface area contributed by atoms with Crippen LogP contribution >= 0.6 is 0 Å². The number of ether oxygens (including phenoxy) is 1. The molecule has 0 aromatic carbocycles. The van der Waals surface area contributed by atoms with E-state index < -0.39 is 5.60 Å². The summed E-state index contributed by atoms with van der Waals surface area (Å²) in [4.78, 5) is 11.6. The Balaban J connectivity index is 1.65. The van der Waals surface area contributed by atoms with E-state index in [1.807, 2.05) is 20.8 Å². The zero-order valence-corrected chi connectivity index (χ0v) is 12.6. The van der Waals surface area contributed by atoms with Gasteiger partial charge in [0.15, 0.2) is 0 Å². The second kappa shape index (κ2) is 6.01. The molecule has 0 aromatic heterocycles. The molecule has 0 spiro atoms. The molecule has 2 N–H and O–H groups in total. The average Bonchev–Trinajstić information content (AvgIpc) is 2.70. The summed E-state index contributed by atoms with van der Waals surface area (Å²) in [6.07, 6.45) is 4.76. The summed E-state index contributed by atoms with van der Waals surface area (Å²) in [5, 5.41) is 15.5. The summed E-state index contributed by atoms with van der Waals surface area (Å²) < 4.78 is 5.23. The first kappa shape index (κ1) is 15.1. The molecule has 112 valence electrons. The highest BCUT2D eigenvalue weighted by Crippen LogP contribution is 2.28. The molecule has 2 atom stereocenters. The minimum atomic E-state index is -0.449. The molecule has 0 aliphatic heterocycles. The first-order valence-corrected chi connectivity index (χ1v) is 7.52. The van der Waals surface area contributed by atoms with Gasteiger partial charge in [0.05, 0.1) is 12.0 Å².